The molecule has 0 aromatic rings. The van der Waals surface area contributed by atoms with E-state index in [0.29, 0.717) is 36.7 Å². The second kappa shape index (κ2) is 7.61. The number of carbonyl (C=O) groups excluding carboxylic acids is 3. The zero-order valence-electron chi connectivity index (χ0n) is 14.2. The SMILES string of the molecule is C=C(C)C(=O)O[C@@H]1/C=C(\C=O)CCCC(=C)[C@H](O)[C@H]2OC(=O)C(=C)[C@@H]21. The van der Waals surface area contributed by atoms with Crippen molar-refractivity contribution in [2.45, 2.75) is 44.5 Å². The van der Waals surface area contributed by atoms with Gasteiger partial charge in [-0.05, 0) is 43.4 Å². The lowest BCUT2D eigenvalue weighted by atomic mass is 9.83. The molecule has 0 aromatic heterocycles. The first-order valence-electron chi connectivity index (χ1n) is 8.04. The summed E-state index contributed by atoms with van der Waals surface area (Å²) >= 11 is 0. The highest BCUT2D eigenvalue weighted by Gasteiger charge is 2.48. The van der Waals surface area contributed by atoms with Crippen LogP contribution in [0.5, 0.6) is 0 Å². The van der Waals surface area contributed by atoms with Gasteiger partial charge in [0.2, 0.25) is 0 Å². The van der Waals surface area contributed by atoms with Crippen LogP contribution in [0, 0.1) is 5.92 Å². The molecule has 6 nitrogen and oxygen atoms in total. The standard InChI is InChI=1S/C19H22O6/c1-10(2)18(22)24-14-8-13(9-20)7-5-6-11(3)16(21)17-15(14)12(4)19(23)25-17/h8-9,14-17,21H,1,3-7H2,2H3/b13-8-/t14-,15-,16+,17+/m1/s1. The molecular formula is C19H22O6. The van der Waals surface area contributed by atoms with Crippen LogP contribution in [0.2, 0.25) is 0 Å². The van der Waals surface area contributed by atoms with Gasteiger partial charge in [0.05, 0.1) is 5.92 Å². The molecule has 4 atom stereocenters. The number of esters is 2. The maximum atomic E-state index is 12.0. The molecule has 6 heteroatoms. The largest absolute Gasteiger partial charge is 0.455 e. The van der Waals surface area contributed by atoms with E-state index in [1.165, 1.54) is 13.0 Å². The lowest BCUT2D eigenvalue weighted by Gasteiger charge is -2.30. The van der Waals surface area contributed by atoms with Crippen LogP contribution >= 0.6 is 0 Å². The zero-order chi connectivity index (χ0) is 18.7. The van der Waals surface area contributed by atoms with E-state index < -0.39 is 36.2 Å². The van der Waals surface area contributed by atoms with Crippen LogP contribution in [0.3, 0.4) is 0 Å². The fraction of sp³-hybridized carbons (Fsp3) is 0.421. The number of rotatable bonds is 3. The molecule has 2 rings (SSSR count). The van der Waals surface area contributed by atoms with Crippen LogP contribution in [0.15, 0.2) is 48.1 Å². The predicted molar refractivity (Wildman–Crippen MR) is 90.3 cm³/mol. The molecule has 0 unspecified atom stereocenters. The zero-order valence-corrected chi connectivity index (χ0v) is 14.2. The van der Waals surface area contributed by atoms with Crippen molar-refractivity contribution in [1.29, 1.82) is 0 Å². The monoisotopic (exact) mass is 346 g/mol. The average Bonchev–Trinajstić information content (AvgIpc) is 2.86. The number of aliphatic hydroxyl groups is 1. The second-order valence-electron chi connectivity index (χ2n) is 6.39. The highest BCUT2D eigenvalue weighted by Crippen LogP contribution is 2.37. The van der Waals surface area contributed by atoms with E-state index in [9.17, 15) is 19.5 Å². The molecule has 2 aliphatic rings. The van der Waals surface area contributed by atoms with Gasteiger partial charge in [-0.2, -0.15) is 0 Å². The molecule has 0 aromatic carbocycles. The number of allylic oxidation sites excluding steroid dienone is 1. The first kappa shape index (κ1) is 18.9. The van der Waals surface area contributed by atoms with E-state index in [1.54, 1.807) is 0 Å². The Hall–Kier alpha value is -2.47. The molecule has 1 fully saturated rings. The molecular weight excluding hydrogens is 324 g/mol. The molecule has 0 spiro atoms. The predicted octanol–water partition coefficient (Wildman–Crippen LogP) is 1.80. The highest BCUT2D eigenvalue weighted by atomic mass is 16.6. The van der Waals surface area contributed by atoms with Crippen LogP contribution in [-0.4, -0.2) is 41.6 Å². The Morgan fingerprint density at radius 2 is 2.08 bits per heavy atom. The van der Waals surface area contributed by atoms with E-state index in [1.807, 2.05) is 0 Å². The highest BCUT2D eigenvalue weighted by molar-refractivity contribution is 5.92. The molecule has 1 saturated heterocycles. The summed E-state index contributed by atoms with van der Waals surface area (Å²) in [6.45, 7) is 12.6. The topological polar surface area (TPSA) is 89.9 Å². The average molecular weight is 346 g/mol. The van der Waals surface area contributed by atoms with Gasteiger partial charge >= 0.3 is 11.9 Å². The van der Waals surface area contributed by atoms with Crippen molar-refractivity contribution in [3.8, 4) is 0 Å². The number of ether oxygens (including phenoxy) is 2. The lowest BCUT2D eigenvalue weighted by Crippen LogP contribution is -2.40. The van der Waals surface area contributed by atoms with E-state index >= 15 is 0 Å². The Labute approximate surface area is 146 Å². The molecule has 1 aliphatic heterocycles. The number of aliphatic hydroxyl groups excluding tert-OH is 1. The van der Waals surface area contributed by atoms with Crippen LogP contribution < -0.4 is 0 Å². The van der Waals surface area contributed by atoms with Crippen LogP contribution in [0.25, 0.3) is 0 Å². The quantitative estimate of drug-likeness (QED) is 0.363. The van der Waals surface area contributed by atoms with Crippen LogP contribution in [0.4, 0.5) is 0 Å². The maximum absolute atomic E-state index is 12.0. The molecule has 134 valence electrons. The summed E-state index contributed by atoms with van der Waals surface area (Å²) in [6.07, 6.45) is 0.646. The van der Waals surface area contributed by atoms with Crippen molar-refractivity contribution >= 4 is 18.2 Å². The molecule has 1 aliphatic carbocycles. The number of hydrogen-bond acceptors (Lipinski definition) is 6. The Kier molecular flexibility index (Phi) is 5.74. The summed E-state index contributed by atoms with van der Waals surface area (Å²) in [5, 5.41) is 10.5. The lowest BCUT2D eigenvalue weighted by molar-refractivity contribution is -0.148. The minimum absolute atomic E-state index is 0.0819. The van der Waals surface area contributed by atoms with Gasteiger partial charge in [-0.1, -0.05) is 19.7 Å². The number of fused-ring (bicyclic) bond motifs is 1. The summed E-state index contributed by atoms with van der Waals surface area (Å²) in [5.74, 6) is -2.14. The van der Waals surface area contributed by atoms with Gasteiger partial charge < -0.3 is 14.6 Å². The van der Waals surface area contributed by atoms with Gasteiger partial charge in [0.25, 0.3) is 0 Å². The minimum atomic E-state index is -1.11. The van der Waals surface area contributed by atoms with E-state index in [0.717, 1.165) is 0 Å². The number of carbonyl (C=O) groups is 3. The van der Waals surface area contributed by atoms with Crippen molar-refractivity contribution in [2.75, 3.05) is 0 Å². The Morgan fingerprint density at radius 3 is 2.68 bits per heavy atom. The molecule has 1 heterocycles. The molecule has 0 saturated carbocycles. The van der Waals surface area contributed by atoms with Crippen molar-refractivity contribution in [2.24, 2.45) is 5.92 Å². The molecule has 1 N–H and O–H groups in total. The fourth-order valence-electron chi connectivity index (χ4n) is 2.98. The molecule has 0 radical (unpaired) electrons. The summed E-state index contributed by atoms with van der Waals surface area (Å²) in [5.41, 5.74) is 1.19. The fourth-order valence-corrected chi connectivity index (χ4v) is 2.98. The first-order valence-corrected chi connectivity index (χ1v) is 8.04. The maximum Gasteiger partial charge on any atom is 0.334 e. The van der Waals surface area contributed by atoms with Gasteiger partial charge in [-0.3, -0.25) is 4.79 Å². The molecule has 0 amide bonds. The Bertz CT molecular complexity index is 671. The van der Waals surface area contributed by atoms with Crippen molar-refractivity contribution in [3.63, 3.8) is 0 Å². The van der Waals surface area contributed by atoms with Gasteiger partial charge in [0.1, 0.15) is 24.6 Å². The number of aldehydes is 1. The first-order chi connectivity index (χ1) is 11.8. The Morgan fingerprint density at radius 1 is 1.40 bits per heavy atom. The van der Waals surface area contributed by atoms with Gasteiger partial charge in [0.15, 0.2) is 0 Å². The normalized spacial score (nSPS) is 32.1. The second-order valence-corrected chi connectivity index (χ2v) is 6.39. The van der Waals surface area contributed by atoms with Crippen molar-refractivity contribution in [3.05, 3.63) is 48.1 Å². The summed E-state index contributed by atoms with van der Waals surface area (Å²) < 4.78 is 10.7. The summed E-state index contributed by atoms with van der Waals surface area (Å²) in [6, 6.07) is 0. The van der Waals surface area contributed by atoms with Gasteiger partial charge in [-0.15, -0.1) is 0 Å². The Balaban J connectivity index is 2.50. The van der Waals surface area contributed by atoms with Crippen molar-refractivity contribution < 1.29 is 29.0 Å². The van der Waals surface area contributed by atoms with E-state index in [4.69, 9.17) is 9.47 Å². The minimum Gasteiger partial charge on any atom is -0.455 e. The van der Waals surface area contributed by atoms with Crippen LogP contribution in [-0.2, 0) is 23.9 Å². The third-order valence-corrected chi connectivity index (χ3v) is 4.43. The van der Waals surface area contributed by atoms with E-state index in [-0.39, 0.29) is 11.1 Å². The number of hydrogen-bond donors (Lipinski definition) is 1. The van der Waals surface area contributed by atoms with Gasteiger partial charge in [0, 0.05) is 11.1 Å². The molecule has 0 bridgehead atoms. The smallest absolute Gasteiger partial charge is 0.334 e. The summed E-state index contributed by atoms with van der Waals surface area (Å²) in [7, 11) is 0. The molecule has 25 heavy (non-hydrogen) atoms. The van der Waals surface area contributed by atoms with Crippen molar-refractivity contribution in [1.82, 2.24) is 0 Å². The van der Waals surface area contributed by atoms with Gasteiger partial charge in [-0.25, -0.2) is 9.59 Å². The summed E-state index contributed by atoms with van der Waals surface area (Å²) in [4.78, 5) is 35.4. The third-order valence-electron chi connectivity index (χ3n) is 4.43. The third kappa shape index (κ3) is 3.96. The van der Waals surface area contributed by atoms with Crippen LogP contribution in [0.1, 0.15) is 26.2 Å². The van der Waals surface area contributed by atoms with E-state index in [2.05, 4.69) is 19.7 Å².